The van der Waals surface area contributed by atoms with E-state index in [1.54, 1.807) is 29.6 Å². The van der Waals surface area contributed by atoms with Gasteiger partial charge < -0.3 is 14.0 Å². The Bertz CT molecular complexity index is 1280. The number of nitrogens with zero attached hydrogens (tertiary/aromatic N) is 4. The lowest BCUT2D eigenvalue weighted by Gasteiger charge is -2.18. The number of aromatic nitrogens is 3. The lowest BCUT2D eigenvalue weighted by molar-refractivity contribution is -0.114. The minimum absolute atomic E-state index is 0.106. The van der Waals surface area contributed by atoms with Crippen LogP contribution >= 0.6 is 11.3 Å². The first kappa shape index (κ1) is 20.3. The van der Waals surface area contributed by atoms with Crippen molar-refractivity contribution in [1.29, 1.82) is 0 Å². The third-order valence-corrected chi connectivity index (χ3v) is 6.32. The van der Waals surface area contributed by atoms with Gasteiger partial charge in [0.15, 0.2) is 16.6 Å². The van der Waals surface area contributed by atoms with Gasteiger partial charge >= 0.3 is 0 Å². The summed E-state index contributed by atoms with van der Waals surface area (Å²) >= 11 is 1.54. The zero-order chi connectivity index (χ0) is 21.9. The molecular formula is C24H22N4O3S. The molecule has 162 valence electrons. The number of ether oxygens (including phenoxy) is 2. The largest absolute Gasteiger partial charge is 0.454 e. The van der Waals surface area contributed by atoms with E-state index in [0.29, 0.717) is 17.4 Å². The van der Waals surface area contributed by atoms with Crippen molar-refractivity contribution in [3.05, 3.63) is 72.3 Å². The van der Waals surface area contributed by atoms with Gasteiger partial charge in [-0.3, -0.25) is 9.69 Å². The second kappa shape index (κ2) is 8.84. The van der Waals surface area contributed by atoms with E-state index in [0.717, 1.165) is 40.1 Å². The van der Waals surface area contributed by atoms with Gasteiger partial charge in [0.25, 0.3) is 5.91 Å². The molecule has 4 aromatic rings. The number of para-hydroxylation sites is 1. The molecule has 0 aliphatic carbocycles. The van der Waals surface area contributed by atoms with E-state index in [9.17, 15) is 4.79 Å². The maximum atomic E-state index is 13.2. The quantitative estimate of drug-likeness (QED) is 0.386. The topological polar surface area (TPSA) is 69.5 Å². The number of thiazole rings is 1. The second-order valence-corrected chi connectivity index (χ2v) is 8.52. The fourth-order valence-corrected chi connectivity index (χ4v) is 4.67. The van der Waals surface area contributed by atoms with Crippen LogP contribution in [0, 0.1) is 6.92 Å². The zero-order valence-corrected chi connectivity index (χ0v) is 18.4. The summed E-state index contributed by atoms with van der Waals surface area (Å²) in [5, 5.41) is 0.709. The molecule has 7 nitrogen and oxygen atoms in total. The predicted octanol–water partition coefficient (Wildman–Crippen LogP) is 4.67. The second-order valence-electron chi connectivity index (χ2n) is 7.51. The molecule has 0 unspecified atom stereocenters. The first-order valence-electron chi connectivity index (χ1n) is 10.4. The number of amides is 1. The Morgan fingerprint density at radius 3 is 3.00 bits per heavy atom. The number of fused-ring (bicyclic) bond motifs is 2. The molecule has 5 rings (SSSR count). The molecule has 1 aliphatic heterocycles. The number of benzene rings is 2. The van der Waals surface area contributed by atoms with Crippen molar-refractivity contribution in [2.75, 3.05) is 18.2 Å². The third kappa shape index (κ3) is 4.22. The van der Waals surface area contributed by atoms with Crippen LogP contribution in [0.15, 0.2) is 61.2 Å². The van der Waals surface area contributed by atoms with Crippen LogP contribution in [-0.4, -0.2) is 33.8 Å². The smallest absolute Gasteiger partial charge is 0.252 e. The van der Waals surface area contributed by atoms with Gasteiger partial charge in [-0.2, -0.15) is 0 Å². The summed E-state index contributed by atoms with van der Waals surface area (Å²) in [5.74, 6) is 1.31. The summed E-state index contributed by atoms with van der Waals surface area (Å²) in [5.41, 5.74) is 2.92. The lowest BCUT2D eigenvalue weighted by atomic mass is 10.2. The van der Waals surface area contributed by atoms with Crippen molar-refractivity contribution in [1.82, 2.24) is 14.5 Å². The molecule has 2 aromatic carbocycles. The van der Waals surface area contributed by atoms with Gasteiger partial charge in [0.2, 0.25) is 6.79 Å². The first-order chi connectivity index (χ1) is 15.7. The molecule has 1 aliphatic rings. The van der Waals surface area contributed by atoms with Gasteiger partial charge in [-0.1, -0.05) is 29.5 Å². The Balaban J connectivity index is 1.38. The summed E-state index contributed by atoms with van der Waals surface area (Å²) in [6, 6.07) is 11.7. The summed E-state index contributed by atoms with van der Waals surface area (Å²) in [6.07, 6.45) is 9.64. The molecule has 0 atom stereocenters. The first-order valence-corrected chi connectivity index (χ1v) is 11.2. The van der Waals surface area contributed by atoms with Crippen LogP contribution in [-0.2, 0) is 11.3 Å². The molecule has 0 N–H and O–H groups in total. The summed E-state index contributed by atoms with van der Waals surface area (Å²) < 4.78 is 13.9. The minimum Gasteiger partial charge on any atom is -0.454 e. The number of carbonyl (C=O) groups is 1. The highest BCUT2D eigenvalue weighted by molar-refractivity contribution is 7.22. The molecule has 0 spiro atoms. The number of hydrogen-bond acceptors (Lipinski definition) is 6. The third-order valence-electron chi connectivity index (χ3n) is 5.28. The normalized spacial score (nSPS) is 12.7. The highest BCUT2D eigenvalue weighted by Gasteiger charge is 2.19. The van der Waals surface area contributed by atoms with Crippen LogP contribution in [0.3, 0.4) is 0 Å². The highest BCUT2D eigenvalue weighted by Crippen LogP contribution is 2.33. The Morgan fingerprint density at radius 2 is 2.16 bits per heavy atom. The van der Waals surface area contributed by atoms with Crippen LogP contribution in [0.5, 0.6) is 11.5 Å². The fourth-order valence-electron chi connectivity index (χ4n) is 3.59. The SMILES string of the molecule is Cc1cccc2sc(N(CCCn3ccnc3)C(=O)/C=C/c3ccc4c(c3)OCO4)nc12. The number of carbonyl (C=O) groups excluding carboxylic acids is 1. The maximum absolute atomic E-state index is 13.2. The Morgan fingerprint density at radius 1 is 1.25 bits per heavy atom. The van der Waals surface area contributed by atoms with Crippen molar-refractivity contribution >= 4 is 38.7 Å². The van der Waals surface area contributed by atoms with E-state index in [2.05, 4.69) is 4.98 Å². The molecular weight excluding hydrogens is 424 g/mol. The zero-order valence-electron chi connectivity index (χ0n) is 17.6. The van der Waals surface area contributed by atoms with E-state index in [1.165, 1.54) is 11.3 Å². The Hall–Kier alpha value is -3.65. The molecule has 1 amide bonds. The van der Waals surface area contributed by atoms with Crippen molar-refractivity contribution in [3.8, 4) is 11.5 Å². The summed E-state index contributed by atoms with van der Waals surface area (Å²) in [7, 11) is 0. The summed E-state index contributed by atoms with van der Waals surface area (Å²) in [4.78, 5) is 23.9. The highest BCUT2D eigenvalue weighted by atomic mass is 32.1. The standard InChI is InChI=1S/C24H22N4O3S/c1-17-4-2-5-21-23(17)26-24(32-21)28(12-3-11-27-13-10-25-15-27)22(29)9-7-18-6-8-19-20(14-18)31-16-30-19/h2,4-10,13-15H,3,11-12,16H2,1H3/b9-7+. The molecule has 2 aromatic heterocycles. The van der Waals surface area contributed by atoms with Gasteiger partial charge in [-0.05, 0) is 48.7 Å². The van der Waals surface area contributed by atoms with Crippen LogP contribution in [0.4, 0.5) is 5.13 Å². The molecule has 32 heavy (non-hydrogen) atoms. The van der Waals surface area contributed by atoms with Gasteiger partial charge in [0.1, 0.15) is 0 Å². The van der Waals surface area contributed by atoms with E-state index >= 15 is 0 Å². The van der Waals surface area contributed by atoms with E-state index in [-0.39, 0.29) is 12.7 Å². The lowest BCUT2D eigenvalue weighted by Crippen LogP contribution is -2.30. The molecule has 3 heterocycles. The number of anilines is 1. The van der Waals surface area contributed by atoms with Crippen LogP contribution < -0.4 is 14.4 Å². The minimum atomic E-state index is -0.106. The van der Waals surface area contributed by atoms with Gasteiger partial charge in [-0.25, -0.2) is 9.97 Å². The number of hydrogen-bond donors (Lipinski definition) is 0. The van der Waals surface area contributed by atoms with E-state index in [1.807, 2.05) is 54.1 Å². The van der Waals surface area contributed by atoms with Crippen LogP contribution in [0.25, 0.3) is 16.3 Å². The Kier molecular flexibility index (Phi) is 5.60. The molecule has 8 heteroatoms. The van der Waals surface area contributed by atoms with Crippen molar-refractivity contribution in [2.45, 2.75) is 19.9 Å². The van der Waals surface area contributed by atoms with Crippen molar-refractivity contribution < 1.29 is 14.3 Å². The van der Waals surface area contributed by atoms with E-state index < -0.39 is 0 Å². The van der Waals surface area contributed by atoms with Gasteiger partial charge in [-0.15, -0.1) is 0 Å². The van der Waals surface area contributed by atoms with Crippen molar-refractivity contribution in [2.24, 2.45) is 0 Å². The Labute approximate surface area is 189 Å². The average molecular weight is 447 g/mol. The van der Waals surface area contributed by atoms with Crippen LogP contribution in [0.1, 0.15) is 17.5 Å². The molecule has 0 radical (unpaired) electrons. The number of imidazole rings is 1. The average Bonchev–Trinajstić information content (AvgIpc) is 3.55. The molecule has 0 saturated heterocycles. The number of aryl methyl sites for hydroxylation is 2. The molecule has 0 saturated carbocycles. The number of rotatable bonds is 7. The van der Waals surface area contributed by atoms with Crippen LogP contribution in [0.2, 0.25) is 0 Å². The fraction of sp³-hybridized carbons (Fsp3) is 0.208. The monoisotopic (exact) mass is 446 g/mol. The maximum Gasteiger partial charge on any atom is 0.252 e. The van der Waals surface area contributed by atoms with Gasteiger partial charge in [0, 0.05) is 31.6 Å². The summed E-state index contributed by atoms with van der Waals surface area (Å²) in [6.45, 7) is 3.60. The molecule has 0 fully saturated rings. The molecule has 0 bridgehead atoms. The van der Waals surface area contributed by atoms with Crippen molar-refractivity contribution in [3.63, 3.8) is 0 Å². The van der Waals surface area contributed by atoms with Gasteiger partial charge in [0.05, 0.1) is 16.5 Å². The van der Waals surface area contributed by atoms with E-state index in [4.69, 9.17) is 14.5 Å². The predicted molar refractivity (Wildman–Crippen MR) is 125 cm³/mol.